The fourth-order valence-electron chi connectivity index (χ4n) is 2.70. The smallest absolute Gasteiger partial charge is 0.341 e. The number of rotatable bonds is 6. The number of nitrogens with zero attached hydrogens (tertiary/aromatic N) is 2. The maximum Gasteiger partial charge on any atom is 0.341 e. The lowest BCUT2D eigenvalue weighted by molar-refractivity contribution is -0.113. The van der Waals surface area contributed by atoms with Crippen molar-refractivity contribution in [2.45, 2.75) is 38.3 Å². The molecule has 0 unspecified atom stereocenters. The normalized spacial score (nSPS) is 12.7. The number of carbonyl (C=O) groups is 2. The Morgan fingerprint density at radius 1 is 1.40 bits per heavy atom. The van der Waals surface area contributed by atoms with Crippen LogP contribution in [-0.2, 0) is 22.4 Å². The number of ether oxygens (including phenoxy) is 1. The molecule has 0 saturated carbocycles. The van der Waals surface area contributed by atoms with Crippen LogP contribution in [0, 0.1) is 6.92 Å². The van der Waals surface area contributed by atoms with Gasteiger partial charge in [0.1, 0.15) is 5.00 Å². The molecule has 132 valence electrons. The van der Waals surface area contributed by atoms with Gasteiger partial charge in [0, 0.05) is 16.8 Å². The number of nitrogens with one attached hydrogen (secondary N) is 1. The fraction of sp³-hybridized carbons (Fsp3) is 0.412. The highest BCUT2D eigenvalue weighted by atomic mass is 32.2. The minimum atomic E-state index is -0.355. The molecular formula is C17H19N3O3S2. The first-order chi connectivity index (χ1) is 12.1. The summed E-state index contributed by atoms with van der Waals surface area (Å²) >= 11 is 2.75. The van der Waals surface area contributed by atoms with Crippen molar-refractivity contribution in [3.63, 3.8) is 0 Å². The Morgan fingerprint density at radius 2 is 2.24 bits per heavy atom. The zero-order chi connectivity index (χ0) is 17.8. The number of carbonyl (C=O) groups excluding carboxylic acids is 2. The quantitative estimate of drug-likeness (QED) is 0.473. The number of thioether (sulfide) groups is 1. The monoisotopic (exact) mass is 377 g/mol. The molecule has 1 aliphatic rings. The number of hydrogen-bond acceptors (Lipinski definition) is 7. The summed E-state index contributed by atoms with van der Waals surface area (Å²) in [6, 6.07) is 1.81. The van der Waals surface area contributed by atoms with Gasteiger partial charge in [0.05, 0.1) is 17.9 Å². The molecule has 2 aromatic rings. The number of thiophene rings is 1. The van der Waals surface area contributed by atoms with Crippen molar-refractivity contribution in [1.29, 1.82) is 0 Å². The summed E-state index contributed by atoms with van der Waals surface area (Å²) in [5.41, 5.74) is 2.43. The van der Waals surface area contributed by atoms with Crippen LogP contribution >= 0.6 is 23.1 Å². The van der Waals surface area contributed by atoms with Gasteiger partial charge in [-0.15, -0.1) is 11.3 Å². The van der Waals surface area contributed by atoms with Crippen LogP contribution < -0.4 is 5.32 Å². The van der Waals surface area contributed by atoms with Crippen molar-refractivity contribution >= 4 is 40.0 Å². The third-order valence-electron chi connectivity index (χ3n) is 3.76. The predicted octanol–water partition coefficient (Wildman–Crippen LogP) is 3.24. The number of aryl methyl sites for hydroxylation is 2. The summed E-state index contributed by atoms with van der Waals surface area (Å²) in [6.45, 7) is 3.98. The lowest BCUT2D eigenvalue weighted by atomic mass is 10.1. The Bertz CT molecular complexity index is 804. The summed E-state index contributed by atoms with van der Waals surface area (Å²) in [4.78, 5) is 34.2. The number of hydrogen-bond donors (Lipinski definition) is 1. The number of anilines is 1. The third kappa shape index (κ3) is 4.19. The van der Waals surface area contributed by atoms with Crippen LogP contribution in [0.4, 0.5) is 5.00 Å². The van der Waals surface area contributed by atoms with E-state index in [1.54, 1.807) is 13.1 Å². The van der Waals surface area contributed by atoms with Crippen LogP contribution in [0.5, 0.6) is 0 Å². The maximum absolute atomic E-state index is 12.3. The highest BCUT2D eigenvalue weighted by Crippen LogP contribution is 2.39. The zero-order valence-electron chi connectivity index (χ0n) is 14.1. The molecular weight excluding hydrogens is 358 g/mol. The number of esters is 1. The van der Waals surface area contributed by atoms with Gasteiger partial charge in [-0.1, -0.05) is 11.8 Å². The second kappa shape index (κ2) is 7.97. The number of fused-ring (bicyclic) bond motifs is 1. The van der Waals surface area contributed by atoms with Gasteiger partial charge >= 0.3 is 5.97 Å². The standard InChI is InChI=1S/C17H19N3O3S2/c1-3-23-16(22)14-11-5-4-6-12(11)25-15(14)20-13(21)9-24-17-18-8-7-10(2)19-17/h7-8H,3-6,9H2,1-2H3,(H,20,21). The van der Waals surface area contributed by atoms with E-state index in [9.17, 15) is 9.59 Å². The first-order valence-corrected chi connectivity index (χ1v) is 9.92. The molecule has 0 spiro atoms. The molecule has 1 amide bonds. The molecule has 3 rings (SSSR count). The van der Waals surface area contributed by atoms with E-state index in [1.807, 2.05) is 13.0 Å². The van der Waals surface area contributed by atoms with Crippen LogP contribution in [-0.4, -0.2) is 34.2 Å². The molecule has 0 atom stereocenters. The summed E-state index contributed by atoms with van der Waals surface area (Å²) in [6.07, 6.45) is 4.53. The van der Waals surface area contributed by atoms with Crippen molar-refractivity contribution < 1.29 is 14.3 Å². The Labute approximate surface area is 154 Å². The molecule has 25 heavy (non-hydrogen) atoms. The van der Waals surface area contributed by atoms with E-state index in [1.165, 1.54) is 28.0 Å². The molecule has 1 aliphatic carbocycles. The van der Waals surface area contributed by atoms with Crippen LogP contribution in [0.2, 0.25) is 0 Å². The minimum Gasteiger partial charge on any atom is -0.462 e. The number of amides is 1. The average molecular weight is 377 g/mol. The van der Waals surface area contributed by atoms with E-state index in [0.29, 0.717) is 22.3 Å². The van der Waals surface area contributed by atoms with Gasteiger partial charge in [0.2, 0.25) is 5.91 Å². The SMILES string of the molecule is CCOC(=O)c1c(NC(=O)CSc2nccc(C)n2)sc2c1CCC2. The Hall–Kier alpha value is -1.93. The second-order valence-corrected chi connectivity index (χ2v) is 7.65. The van der Waals surface area contributed by atoms with Crippen LogP contribution in [0.25, 0.3) is 0 Å². The van der Waals surface area contributed by atoms with Gasteiger partial charge < -0.3 is 10.1 Å². The lowest BCUT2D eigenvalue weighted by Gasteiger charge is -2.07. The van der Waals surface area contributed by atoms with Gasteiger partial charge in [0.25, 0.3) is 0 Å². The molecule has 0 radical (unpaired) electrons. The highest BCUT2D eigenvalue weighted by Gasteiger charge is 2.28. The van der Waals surface area contributed by atoms with Crippen molar-refractivity contribution in [1.82, 2.24) is 9.97 Å². The largest absolute Gasteiger partial charge is 0.462 e. The molecule has 0 aromatic carbocycles. The minimum absolute atomic E-state index is 0.180. The first-order valence-electron chi connectivity index (χ1n) is 8.12. The summed E-state index contributed by atoms with van der Waals surface area (Å²) in [5, 5.41) is 4.03. The van der Waals surface area contributed by atoms with Gasteiger partial charge in [-0.2, -0.15) is 0 Å². The second-order valence-electron chi connectivity index (χ2n) is 5.60. The van der Waals surface area contributed by atoms with E-state index in [0.717, 1.165) is 30.5 Å². The molecule has 0 fully saturated rings. The molecule has 2 aromatic heterocycles. The molecule has 1 N–H and O–H groups in total. The van der Waals surface area contributed by atoms with Crippen molar-refractivity contribution in [2.24, 2.45) is 0 Å². The number of aromatic nitrogens is 2. The van der Waals surface area contributed by atoms with Crippen LogP contribution in [0.3, 0.4) is 0 Å². The van der Waals surface area contributed by atoms with Crippen LogP contribution in [0.15, 0.2) is 17.4 Å². The van der Waals surface area contributed by atoms with E-state index < -0.39 is 0 Å². The Balaban J connectivity index is 1.69. The summed E-state index contributed by atoms with van der Waals surface area (Å²) < 4.78 is 5.17. The zero-order valence-corrected chi connectivity index (χ0v) is 15.8. The van der Waals surface area contributed by atoms with Gasteiger partial charge in [0.15, 0.2) is 5.16 Å². The Kier molecular flexibility index (Phi) is 5.70. The van der Waals surface area contributed by atoms with Crippen LogP contribution in [0.1, 0.15) is 39.8 Å². The van der Waals surface area contributed by atoms with E-state index in [-0.39, 0.29) is 17.6 Å². The highest BCUT2D eigenvalue weighted by molar-refractivity contribution is 7.99. The summed E-state index contributed by atoms with van der Waals surface area (Å²) in [7, 11) is 0. The fourth-order valence-corrected chi connectivity index (χ4v) is 4.67. The lowest BCUT2D eigenvalue weighted by Crippen LogP contribution is -2.17. The summed E-state index contributed by atoms with van der Waals surface area (Å²) in [5.74, 6) is -0.346. The predicted molar refractivity (Wildman–Crippen MR) is 98.4 cm³/mol. The molecule has 8 heteroatoms. The topological polar surface area (TPSA) is 81.2 Å². The molecule has 0 saturated heterocycles. The van der Waals surface area contributed by atoms with Crippen molar-refractivity contribution in [3.8, 4) is 0 Å². The van der Waals surface area contributed by atoms with Gasteiger partial charge in [-0.05, 0) is 44.7 Å². The maximum atomic E-state index is 12.3. The van der Waals surface area contributed by atoms with Gasteiger partial charge in [-0.3, -0.25) is 4.79 Å². The average Bonchev–Trinajstić information content (AvgIpc) is 3.13. The van der Waals surface area contributed by atoms with Gasteiger partial charge in [-0.25, -0.2) is 14.8 Å². The Morgan fingerprint density at radius 3 is 3.00 bits per heavy atom. The van der Waals surface area contributed by atoms with E-state index in [2.05, 4.69) is 15.3 Å². The van der Waals surface area contributed by atoms with Crippen molar-refractivity contribution in [2.75, 3.05) is 17.7 Å². The first kappa shape index (κ1) is 17.9. The van der Waals surface area contributed by atoms with Crippen molar-refractivity contribution in [3.05, 3.63) is 34.0 Å². The molecule has 0 bridgehead atoms. The molecule has 6 nitrogen and oxygen atoms in total. The molecule has 0 aliphatic heterocycles. The third-order valence-corrected chi connectivity index (χ3v) is 5.83. The van der Waals surface area contributed by atoms with E-state index in [4.69, 9.17) is 4.74 Å². The van der Waals surface area contributed by atoms with E-state index >= 15 is 0 Å². The molecule has 2 heterocycles.